The highest BCUT2D eigenvalue weighted by Gasteiger charge is 2.11. The fourth-order valence-electron chi connectivity index (χ4n) is 2.18. The van der Waals surface area contributed by atoms with E-state index in [0.29, 0.717) is 22.0 Å². The molecule has 0 heterocycles. The molecule has 0 aliphatic carbocycles. The van der Waals surface area contributed by atoms with E-state index < -0.39 is 18.5 Å². The zero-order valence-electron chi connectivity index (χ0n) is 15.2. The van der Waals surface area contributed by atoms with E-state index in [-0.39, 0.29) is 24.5 Å². The standard InChI is InChI=1S/C20H19ClN2O5/c1-13(24)14-2-6-16(7-3-14)22-18(25)10-11-20(27)28-12-19(26)23-17-8-4-15(21)5-9-17/h2-9H,10-12H2,1H3,(H,22,25)(H,23,26). The largest absolute Gasteiger partial charge is 0.456 e. The maximum absolute atomic E-state index is 11.9. The van der Waals surface area contributed by atoms with E-state index >= 15 is 0 Å². The Kier molecular flexibility index (Phi) is 7.71. The molecule has 2 aromatic carbocycles. The number of ether oxygens (including phenoxy) is 1. The van der Waals surface area contributed by atoms with Crippen molar-refractivity contribution in [3.63, 3.8) is 0 Å². The highest BCUT2D eigenvalue weighted by molar-refractivity contribution is 6.30. The molecule has 0 fully saturated rings. The number of amides is 2. The minimum absolute atomic E-state index is 0.0688. The highest BCUT2D eigenvalue weighted by atomic mass is 35.5. The summed E-state index contributed by atoms with van der Waals surface area (Å²) in [7, 11) is 0. The summed E-state index contributed by atoms with van der Waals surface area (Å²) in [4.78, 5) is 46.5. The van der Waals surface area contributed by atoms with Crippen molar-refractivity contribution in [3.8, 4) is 0 Å². The topological polar surface area (TPSA) is 102 Å². The molecule has 146 valence electrons. The van der Waals surface area contributed by atoms with Crippen LogP contribution in [0.15, 0.2) is 48.5 Å². The molecule has 2 N–H and O–H groups in total. The predicted octanol–water partition coefficient (Wildman–Crippen LogP) is 3.44. The van der Waals surface area contributed by atoms with E-state index in [0.717, 1.165) is 0 Å². The summed E-state index contributed by atoms with van der Waals surface area (Å²) in [5.74, 6) is -1.60. The number of carbonyl (C=O) groups excluding carboxylic acids is 4. The lowest BCUT2D eigenvalue weighted by Crippen LogP contribution is -2.21. The molecule has 2 amide bonds. The third-order valence-electron chi connectivity index (χ3n) is 3.62. The Balaban J connectivity index is 1.68. The Hall–Kier alpha value is -3.19. The summed E-state index contributed by atoms with van der Waals surface area (Å²) in [6.07, 6.45) is -0.252. The number of ketones is 1. The summed E-state index contributed by atoms with van der Waals surface area (Å²) in [5.41, 5.74) is 1.59. The van der Waals surface area contributed by atoms with Crippen LogP contribution < -0.4 is 10.6 Å². The fraction of sp³-hybridized carbons (Fsp3) is 0.200. The molecule has 0 unspecified atom stereocenters. The van der Waals surface area contributed by atoms with E-state index in [1.165, 1.54) is 6.92 Å². The first-order valence-corrected chi connectivity index (χ1v) is 8.83. The van der Waals surface area contributed by atoms with Crippen molar-refractivity contribution in [1.29, 1.82) is 0 Å². The van der Waals surface area contributed by atoms with E-state index in [2.05, 4.69) is 10.6 Å². The molecule has 2 aromatic rings. The zero-order chi connectivity index (χ0) is 20.5. The second-order valence-electron chi connectivity index (χ2n) is 5.90. The van der Waals surface area contributed by atoms with Gasteiger partial charge in [0.25, 0.3) is 5.91 Å². The van der Waals surface area contributed by atoms with Crippen LogP contribution in [-0.2, 0) is 19.1 Å². The average molecular weight is 403 g/mol. The number of nitrogens with one attached hydrogen (secondary N) is 2. The second-order valence-corrected chi connectivity index (χ2v) is 6.33. The van der Waals surface area contributed by atoms with E-state index in [4.69, 9.17) is 16.3 Å². The Morgan fingerprint density at radius 1 is 0.821 bits per heavy atom. The molecular formula is C20H19ClN2O5. The molecule has 0 atom stereocenters. The predicted molar refractivity (Wildman–Crippen MR) is 105 cm³/mol. The summed E-state index contributed by atoms with van der Waals surface area (Å²) in [5, 5.41) is 5.71. The normalized spacial score (nSPS) is 10.1. The van der Waals surface area contributed by atoms with Gasteiger partial charge in [-0.05, 0) is 55.5 Å². The van der Waals surface area contributed by atoms with Gasteiger partial charge >= 0.3 is 5.97 Å². The van der Waals surface area contributed by atoms with Gasteiger partial charge in [0, 0.05) is 28.4 Å². The molecule has 2 rings (SSSR count). The van der Waals surface area contributed by atoms with E-state index in [9.17, 15) is 19.2 Å². The first-order chi connectivity index (χ1) is 13.3. The molecular weight excluding hydrogens is 384 g/mol. The minimum Gasteiger partial charge on any atom is -0.456 e. The molecule has 0 radical (unpaired) electrons. The van der Waals surface area contributed by atoms with Gasteiger partial charge < -0.3 is 15.4 Å². The fourth-order valence-corrected chi connectivity index (χ4v) is 2.30. The lowest BCUT2D eigenvalue weighted by atomic mass is 10.1. The monoisotopic (exact) mass is 402 g/mol. The van der Waals surface area contributed by atoms with Crippen LogP contribution in [0, 0.1) is 0 Å². The number of carbonyl (C=O) groups is 4. The van der Waals surface area contributed by atoms with Crippen molar-refractivity contribution in [3.05, 3.63) is 59.1 Å². The first kappa shape index (κ1) is 21.1. The van der Waals surface area contributed by atoms with Gasteiger partial charge in [0.05, 0.1) is 6.42 Å². The number of anilines is 2. The minimum atomic E-state index is -0.659. The van der Waals surface area contributed by atoms with Gasteiger partial charge in [0.2, 0.25) is 5.91 Å². The lowest BCUT2D eigenvalue weighted by Gasteiger charge is -2.07. The smallest absolute Gasteiger partial charge is 0.306 e. The Bertz CT molecular complexity index is 863. The van der Waals surface area contributed by atoms with Crippen molar-refractivity contribution in [1.82, 2.24) is 0 Å². The number of hydrogen-bond acceptors (Lipinski definition) is 5. The van der Waals surface area contributed by atoms with Crippen LogP contribution in [0.1, 0.15) is 30.1 Å². The van der Waals surface area contributed by atoms with Crippen LogP contribution in [0.4, 0.5) is 11.4 Å². The van der Waals surface area contributed by atoms with Crippen LogP contribution >= 0.6 is 11.6 Å². The lowest BCUT2D eigenvalue weighted by molar-refractivity contribution is -0.147. The number of rotatable bonds is 8. The van der Waals surface area contributed by atoms with Gasteiger partial charge in [0.15, 0.2) is 12.4 Å². The molecule has 0 bridgehead atoms. The van der Waals surface area contributed by atoms with Crippen molar-refractivity contribution in [2.45, 2.75) is 19.8 Å². The van der Waals surface area contributed by atoms with Gasteiger partial charge in [-0.2, -0.15) is 0 Å². The summed E-state index contributed by atoms with van der Waals surface area (Å²) < 4.78 is 4.85. The number of hydrogen-bond donors (Lipinski definition) is 2. The third kappa shape index (κ3) is 7.20. The second kappa shape index (κ2) is 10.2. The van der Waals surface area contributed by atoms with Crippen LogP contribution in [0.3, 0.4) is 0 Å². The van der Waals surface area contributed by atoms with Gasteiger partial charge in [-0.15, -0.1) is 0 Å². The maximum atomic E-state index is 11.9. The number of benzene rings is 2. The van der Waals surface area contributed by atoms with Gasteiger partial charge in [-0.3, -0.25) is 19.2 Å². The number of Topliss-reactive ketones (excluding diaryl/α,β-unsaturated/α-hetero) is 1. The van der Waals surface area contributed by atoms with Crippen LogP contribution in [-0.4, -0.2) is 30.2 Å². The molecule has 0 saturated carbocycles. The summed E-state index contributed by atoms with van der Waals surface area (Å²) >= 11 is 5.75. The number of halogens is 1. The zero-order valence-corrected chi connectivity index (χ0v) is 15.9. The third-order valence-corrected chi connectivity index (χ3v) is 3.88. The van der Waals surface area contributed by atoms with Crippen molar-refractivity contribution >= 4 is 46.5 Å². The maximum Gasteiger partial charge on any atom is 0.306 e. The first-order valence-electron chi connectivity index (χ1n) is 8.45. The summed E-state index contributed by atoms with van der Waals surface area (Å²) in [6, 6.07) is 12.9. The quantitative estimate of drug-likeness (QED) is 0.520. The van der Waals surface area contributed by atoms with Crippen LogP contribution in [0.25, 0.3) is 0 Å². The number of esters is 1. The summed E-state index contributed by atoms with van der Waals surface area (Å²) in [6.45, 7) is 1.00. The van der Waals surface area contributed by atoms with E-state index in [1.807, 2.05) is 0 Å². The van der Waals surface area contributed by atoms with Crippen LogP contribution in [0.2, 0.25) is 5.02 Å². The van der Waals surface area contributed by atoms with Crippen molar-refractivity contribution in [2.75, 3.05) is 17.2 Å². The molecule has 7 nitrogen and oxygen atoms in total. The molecule has 0 aliphatic heterocycles. The van der Waals surface area contributed by atoms with Gasteiger partial charge in [-0.25, -0.2) is 0 Å². The highest BCUT2D eigenvalue weighted by Crippen LogP contribution is 2.13. The molecule has 0 saturated heterocycles. The van der Waals surface area contributed by atoms with Crippen molar-refractivity contribution in [2.24, 2.45) is 0 Å². The Labute approximate surface area is 167 Å². The molecule has 0 aromatic heterocycles. The van der Waals surface area contributed by atoms with Gasteiger partial charge in [-0.1, -0.05) is 11.6 Å². The SMILES string of the molecule is CC(=O)c1ccc(NC(=O)CCC(=O)OCC(=O)Nc2ccc(Cl)cc2)cc1. The molecule has 28 heavy (non-hydrogen) atoms. The van der Waals surface area contributed by atoms with E-state index in [1.54, 1.807) is 48.5 Å². The molecule has 0 spiro atoms. The Morgan fingerprint density at radius 2 is 1.36 bits per heavy atom. The van der Waals surface area contributed by atoms with Crippen LogP contribution in [0.5, 0.6) is 0 Å². The average Bonchev–Trinajstić information content (AvgIpc) is 2.67. The molecule has 0 aliphatic rings. The van der Waals surface area contributed by atoms with Crippen molar-refractivity contribution < 1.29 is 23.9 Å². The molecule has 8 heteroatoms. The Morgan fingerprint density at radius 3 is 1.93 bits per heavy atom. The van der Waals surface area contributed by atoms with Gasteiger partial charge in [0.1, 0.15) is 0 Å².